The van der Waals surface area contributed by atoms with Gasteiger partial charge in [-0.05, 0) is 6.42 Å². The fourth-order valence-corrected chi connectivity index (χ4v) is 5.72. The van der Waals surface area contributed by atoms with Crippen LogP contribution in [0, 0.1) is 0 Å². The number of hydrogen-bond acceptors (Lipinski definition) is 8. The van der Waals surface area contributed by atoms with Crippen LogP contribution in [0.4, 0.5) is 0 Å². The normalized spacial score (nSPS) is 14.8. The van der Waals surface area contributed by atoms with Gasteiger partial charge in [-0.1, -0.05) is 18.3 Å². The van der Waals surface area contributed by atoms with E-state index in [1.165, 1.54) is 8.71 Å². The minimum atomic E-state index is -3.41. The zero-order valence-corrected chi connectivity index (χ0v) is 16.5. The Balaban J connectivity index is 2.03. The van der Waals surface area contributed by atoms with Crippen molar-refractivity contribution in [2.24, 2.45) is 0 Å². The van der Waals surface area contributed by atoms with Gasteiger partial charge in [0.2, 0.25) is 15.9 Å². The highest BCUT2D eigenvalue weighted by Gasteiger charge is 2.31. The van der Waals surface area contributed by atoms with E-state index in [4.69, 9.17) is 5.11 Å². The van der Waals surface area contributed by atoms with Crippen molar-refractivity contribution in [3.63, 3.8) is 0 Å². The molecule has 0 aliphatic carbocycles. The summed E-state index contributed by atoms with van der Waals surface area (Å²) in [6.07, 6.45) is 0.739. The number of nitrogens with one attached hydrogen (secondary N) is 1. The lowest BCUT2D eigenvalue weighted by atomic mass is 10.2. The molecule has 2 aromatic heterocycles. The highest BCUT2D eigenvalue weighted by molar-refractivity contribution is 7.89. The molecule has 2 aromatic rings. The second-order valence-electron chi connectivity index (χ2n) is 6.18. The molecule has 11 nitrogen and oxygen atoms in total. The highest BCUT2D eigenvalue weighted by atomic mass is 32.2. The molecule has 13 heteroatoms. The molecule has 0 radical (unpaired) electrons. The van der Waals surface area contributed by atoms with Gasteiger partial charge < -0.3 is 15.5 Å². The molecule has 0 bridgehead atoms. The first-order valence-corrected chi connectivity index (χ1v) is 10.8. The maximum absolute atomic E-state index is 12.8. The van der Waals surface area contributed by atoms with Crippen LogP contribution >= 0.6 is 11.3 Å². The van der Waals surface area contributed by atoms with E-state index in [9.17, 15) is 27.9 Å². The summed E-state index contributed by atoms with van der Waals surface area (Å²) in [6, 6.07) is 0. The van der Waals surface area contributed by atoms with Crippen molar-refractivity contribution in [3.05, 3.63) is 26.5 Å². The zero-order valence-electron chi connectivity index (χ0n) is 14.8. The quantitative estimate of drug-likeness (QED) is 0.547. The molecule has 28 heavy (non-hydrogen) atoms. The summed E-state index contributed by atoms with van der Waals surface area (Å²) < 4.78 is 27.1. The van der Waals surface area contributed by atoms with Crippen molar-refractivity contribution in [1.82, 2.24) is 19.0 Å². The summed E-state index contributed by atoms with van der Waals surface area (Å²) in [4.78, 5) is 40.1. The number of thiazole rings is 1. The third kappa shape index (κ3) is 3.59. The number of aliphatic carboxylic acids is 1. The van der Waals surface area contributed by atoms with E-state index in [-0.39, 0.29) is 30.2 Å². The van der Waals surface area contributed by atoms with Crippen LogP contribution in [0.3, 0.4) is 0 Å². The Morgan fingerprint density at radius 1 is 1.36 bits per heavy atom. The molecule has 3 heterocycles. The number of carboxylic acid groups (broad SMARTS) is 1. The van der Waals surface area contributed by atoms with Gasteiger partial charge >= 0.3 is 5.97 Å². The van der Waals surface area contributed by atoms with Crippen molar-refractivity contribution >= 4 is 38.2 Å². The van der Waals surface area contributed by atoms with Crippen LogP contribution in [-0.4, -0.2) is 63.0 Å². The van der Waals surface area contributed by atoms with Gasteiger partial charge in [-0.25, -0.2) is 8.42 Å². The monoisotopic (exact) mass is 430 g/mol. The number of aromatic hydroxyl groups is 1. The van der Waals surface area contributed by atoms with Crippen LogP contribution < -0.4 is 10.9 Å². The molecular weight excluding hydrogens is 412 g/mol. The minimum absolute atomic E-state index is 0.0279. The summed E-state index contributed by atoms with van der Waals surface area (Å²) in [5.41, 5.74) is -0.944. The van der Waals surface area contributed by atoms with Gasteiger partial charge in [0, 0.05) is 30.1 Å². The minimum Gasteiger partial charge on any atom is -0.492 e. The van der Waals surface area contributed by atoms with E-state index in [1.54, 1.807) is 6.92 Å². The molecule has 3 N–H and O–H groups in total. The molecule has 3 rings (SSSR count). The molecule has 152 valence electrons. The number of nitrogens with zero attached hydrogens (tertiary/aromatic N) is 3. The third-order valence-corrected chi connectivity index (χ3v) is 7.33. The Hall–Kier alpha value is -2.51. The Bertz CT molecular complexity index is 1120. The molecule has 0 atom stereocenters. The van der Waals surface area contributed by atoms with E-state index in [1.807, 2.05) is 5.32 Å². The van der Waals surface area contributed by atoms with Crippen LogP contribution in [0.5, 0.6) is 5.88 Å². The molecule has 0 spiro atoms. The lowest BCUT2D eigenvalue weighted by molar-refractivity contribution is -0.135. The van der Waals surface area contributed by atoms with Gasteiger partial charge in [0.1, 0.15) is 6.54 Å². The Labute approximate surface area is 163 Å². The van der Waals surface area contributed by atoms with E-state index in [0.29, 0.717) is 17.0 Å². The number of sulfonamides is 1. The summed E-state index contributed by atoms with van der Waals surface area (Å²) in [6.45, 7) is 1.34. The van der Waals surface area contributed by atoms with Crippen molar-refractivity contribution in [2.45, 2.75) is 26.3 Å². The fraction of sp³-hybridized carbons (Fsp3) is 0.467. The lowest BCUT2D eigenvalue weighted by Crippen LogP contribution is -2.38. The van der Waals surface area contributed by atoms with Gasteiger partial charge in [0.15, 0.2) is 10.5 Å². The van der Waals surface area contributed by atoms with Crippen LogP contribution in [0.1, 0.15) is 34.3 Å². The maximum Gasteiger partial charge on any atom is 0.322 e. The topological polar surface area (TPSA) is 158 Å². The first-order valence-electron chi connectivity index (χ1n) is 8.39. The van der Waals surface area contributed by atoms with Gasteiger partial charge in [-0.15, -0.1) is 0 Å². The van der Waals surface area contributed by atoms with Crippen molar-refractivity contribution < 1.29 is 28.2 Å². The predicted octanol–water partition coefficient (Wildman–Crippen LogP) is -0.626. The maximum atomic E-state index is 12.8. The highest BCUT2D eigenvalue weighted by Crippen LogP contribution is 2.29. The zero-order chi connectivity index (χ0) is 20.6. The van der Waals surface area contributed by atoms with Gasteiger partial charge in [0.25, 0.3) is 11.5 Å². The van der Waals surface area contributed by atoms with E-state index < -0.39 is 45.4 Å². The molecule has 0 aromatic carbocycles. The largest absolute Gasteiger partial charge is 0.492 e. The standard InChI is InChI=1S/C15H18N4O7S2/c1-2-5-28(25,26)18-4-3-8-9(7-18)27-15-17-13(23)11(14(24)19(8)15)12(22)16-6-10(20)21/h23H,2-7H2,1H3,(H,16,22)(H,20,21). The number of aromatic nitrogens is 2. The summed E-state index contributed by atoms with van der Waals surface area (Å²) in [7, 11) is -3.41. The van der Waals surface area contributed by atoms with Crippen molar-refractivity contribution in [1.29, 1.82) is 0 Å². The second kappa shape index (κ2) is 7.48. The van der Waals surface area contributed by atoms with Crippen molar-refractivity contribution in [2.75, 3.05) is 18.8 Å². The van der Waals surface area contributed by atoms with E-state index in [0.717, 1.165) is 11.3 Å². The molecule has 1 aliphatic heterocycles. The Morgan fingerprint density at radius 2 is 2.07 bits per heavy atom. The number of rotatable bonds is 6. The lowest BCUT2D eigenvalue weighted by Gasteiger charge is -2.25. The predicted molar refractivity (Wildman–Crippen MR) is 99.2 cm³/mol. The van der Waals surface area contributed by atoms with Gasteiger partial charge in [-0.2, -0.15) is 9.29 Å². The number of amides is 1. The fourth-order valence-electron chi connectivity index (χ4n) is 3.00. The smallest absolute Gasteiger partial charge is 0.322 e. The van der Waals surface area contributed by atoms with Crippen LogP contribution in [0.25, 0.3) is 4.96 Å². The van der Waals surface area contributed by atoms with Crippen LogP contribution in [0.15, 0.2) is 4.79 Å². The molecule has 1 aliphatic rings. The second-order valence-corrected chi connectivity index (χ2v) is 9.33. The number of hydrogen-bond donors (Lipinski definition) is 3. The molecule has 0 fully saturated rings. The van der Waals surface area contributed by atoms with Crippen LogP contribution in [0.2, 0.25) is 0 Å². The molecule has 0 unspecified atom stereocenters. The molecule has 1 amide bonds. The molecule has 0 saturated heterocycles. The van der Waals surface area contributed by atoms with Crippen molar-refractivity contribution in [3.8, 4) is 5.88 Å². The average Bonchev–Trinajstić information content (AvgIpc) is 2.97. The number of carbonyl (C=O) groups is 2. The number of fused-ring (bicyclic) bond motifs is 3. The van der Waals surface area contributed by atoms with Gasteiger partial charge in [0.05, 0.1) is 5.75 Å². The van der Waals surface area contributed by atoms with Gasteiger partial charge in [-0.3, -0.25) is 18.8 Å². The first kappa shape index (κ1) is 20.2. The number of carboxylic acids is 1. The third-order valence-electron chi connectivity index (χ3n) is 4.24. The summed E-state index contributed by atoms with van der Waals surface area (Å²) in [5, 5.41) is 20.7. The molecule has 0 saturated carbocycles. The Morgan fingerprint density at radius 3 is 2.71 bits per heavy atom. The summed E-state index contributed by atoms with van der Waals surface area (Å²) in [5.74, 6) is -3.12. The van der Waals surface area contributed by atoms with E-state index >= 15 is 0 Å². The first-order chi connectivity index (χ1) is 13.2. The van der Waals surface area contributed by atoms with Crippen LogP contribution in [-0.2, 0) is 27.8 Å². The Kier molecular flexibility index (Phi) is 5.41. The molecular formula is C15H18N4O7S2. The summed E-state index contributed by atoms with van der Waals surface area (Å²) >= 11 is 1.06. The average molecular weight is 430 g/mol. The van der Waals surface area contributed by atoms with E-state index in [2.05, 4.69) is 4.98 Å². The number of carbonyl (C=O) groups excluding carboxylic acids is 1. The SMILES string of the molecule is CCCS(=O)(=O)N1CCc2c(sc3nc(O)c(C(=O)NCC(=O)O)c(=O)n23)C1.